The van der Waals surface area contributed by atoms with E-state index in [1.807, 2.05) is 43.3 Å². The van der Waals surface area contributed by atoms with Crippen LogP contribution in [0.25, 0.3) is 0 Å². The molecule has 1 heterocycles. The van der Waals surface area contributed by atoms with E-state index in [0.717, 1.165) is 25.8 Å². The van der Waals surface area contributed by atoms with Crippen LogP contribution in [0.5, 0.6) is 5.75 Å². The van der Waals surface area contributed by atoms with E-state index in [2.05, 4.69) is 31.9 Å². The second-order valence-electron chi connectivity index (χ2n) is 5.45. The van der Waals surface area contributed by atoms with Crippen LogP contribution in [0.1, 0.15) is 30.5 Å². The van der Waals surface area contributed by atoms with Crippen LogP contribution in [0.3, 0.4) is 0 Å². The number of fused-ring (bicyclic) bond motifs is 1. The molecule has 0 fully saturated rings. The fourth-order valence-corrected chi connectivity index (χ4v) is 4.01. The van der Waals surface area contributed by atoms with Gasteiger partial charge in [0.2, 0.25) is 0 Å². The van der Waals surface area contributed by atoms with Gasteiger partial charge in [-0.1, -0.05) is 55.6 Å². The van der Waals surface area contributed by atoms with Crippen LogP contribution in [0.15, 0.2) is 45.3 Å². The topological polar surface area (TPSA) is 35.2 Å². The fourth-order valence-electron chi connectivity index (χ4n) is 2.80. The van der Waals surface area contributed by atoms with Crippen molar-refractivity contribution in [3.8, 4) is 5.75 Å². The zero-order chi connectivity index (χ0) is 15.2. The van der Waals surface area contributed by atoms with Gasteiger partial charge in [0.15, 0.2) is 0 Å². The molecule has 0 saturated carbocycles. The van der Waals surface area contributed by atoms with Crippen LogP contribution in [0.2, 0.25) is 5.02 Å². The fraction of sp³-hybridized carbons (Fsp3) is 0.250. The molecule has 110 valence electrons. The number of hydrogen-bond donors (Lipinski definition) is 1. The van der Waals surface area contributed by atoms with Crippen molar-refractivity contribution >= 4 is 43.5 Å². The van der Waals surface area contributed by atoms with Crippen molar-refractivity contribution in [2.75, 3.05) is 0 Å². The first-order chi connectivity index (χ1) is 9.89. The molecule has 3 rings (SSSR count). The van der Waals surface area contributed by atoms with Gasteiger partial charge in [0, 0.05) is 37.6 Å². The highest BCUT2D eigenvalue weighted by Gasteiger charge is 2.38. The van der Waals surface area contributed by atoms with Crippen LogP contribution >= 0.6 is 43.5 Å². The predicted molar refractivity (Wildman–Crippen MR) is 92.8 cm³/mol. The quantitative estimate of drug-likeness (QED) is 0.641. The molecular weight excluding hydrogens is 417 g/mol. The van der Waals surface area contributed by atoms with Crippen LogP contribution in [0, 0.1) is 0 Å². The van der Waals surface area contributed by atoms with Gasteiger partial charge in [-0.25, -0.2) is 0 Å². The van der Waals surface area contributed by atoms with Gasteiger partial charge in [0.25, 0.3) is 0 Å². The van der Waals surface area contributed by atoms with Crippen molar-refractivity contribution in [1.29, 1.82) is 0 Å². The highest BCUT2D eigenvalue weighted by Crippen LogP contribution is 2.46. The lowest BCUT2D eigenvalue weighted by molar-refractivity contribution is 0.0511. The Hall–Kier alpha value is -0.550. The van der Waals surface area contributed by atoms with Crippen molar-refractivity contribution in [2.24, 2.45) is 5.73 Å². The molecular formula is C16H14Br2ClNO. The molecule has 0 aliphatic carbocycles. The number of rotatable bonds is 1. The number of halogens is 3. The Labute approximate surface area is 145 Å². The van der Waals surface area contributed by atoms with Crippen molar-refractivity contribution in [3.63, 3.8) is 0 Å². The molecule has 0 amide bonds. The van der Waals surface area contributed by atoms with Gasteiger partial charge in [-0.3, -0.25) is 0 Å². The minimum absolute atomic E-state index is 0.0773. The molecule has 1 aliphatic heterocycles. The molecule has 0 bridgehead atoms. The lowest BCUT2D eigenvalue weighted by Gasteiger charge is -2.39. The van der Waals surface area contributed by atoms with E-state index < -0.39 is 5.60 Å². The number of ether oxygens (including phenoxy) is 1. The van der Waals surface area contributed by atoms with E-state index in [1.54, 1.807) is 0 Å². The maximum Gasteiger partial charge on any atom is 0.134 e. The lowest BCUT2D eigenvalue weighted by atomic mass is 9.84. The summed E-state index contributed by atoms with van der Waals surface area (Å²) in [6.45, 7) is 2.03. The average molecular weight is 432 g/mol. The predicted octanol–water partition coefficient (Wildman–Crippen LogP) is 5.56. The van der Waals surface area contributed by atoms with Crippen molar-refractivity contribution < 1.29 is 4.74 Å². The lowest BCUT2D eigenvalue weighted by Crippen LogP contribution is -2.38. The standard InChI is InChI=1S/C16H14Br2ClNO/c1-16(12-5-3-9(17)6-13(12)19)8-14(20)11-4-2-10(18)7-15(11)21-16/h2-7,14H,8,20H2,1H3/t14-,16?/m1/s1. The summed E-state index contributed by atoms with van der Waals surface area (Å²) >= 11 is 13.3. The molecule has 2 aromatic rings. The van der Waals surface area contributed by atoms with Crippen LogP contribution in [-0.2, 0) is 5.60 Å². The minimum Gasteiger partial charge on any atom is -0.482 e. The van der Waals surface area contributed by atoms with E-state index >= 15 is 0 Å². The molecule has 2 atom stereocenters. The average Bonchev–Trinajstić information content (AvgIpc) is 2.37. The van der Waals surface area contributed by atoms with E-state index in [1.165, 1.54) is 0 Å². The first kappa shape index (κ1) is 15.3. The van der Waals surface area contributed by atoms with Gasteiger partial charge >= 0.3 is 0 Å². The molecule has 1 unspecified atom stereocenters. The van der Waals surface area contributed by atoms with Crippen molar-refractivity contribution in [3.05, 3.63) is 61.5 Å². The van der Waals surface area contributed by atoms with Crippen LogP contribution in [0.4, 0.5) is 0 Å². The molecule has 0 radical (unpaired) electrons. The molecule has 2 N–H and O–H groups in total. The maximum absolute atomic E-state index is 6.40. The van der Waals surface area contributed by atoms with E-state index in [9.17, 15) is 0 Å². The SMILES string of the molecule is CC1(c2ccc(Br)cc2Cl)C[C@@H](N)c2ccc(Br)cc2O1. The first-order valence-corrected chi connectivity index (χ1v) is 8.55. The Morgan fingerprint density at radius 3 is 2.57 bits per heavy atom. The summed E-state index contributed by atoms with van der Waals surface area (Å²) < 4.78 is 8.19. The van der Waals surface area contributed by atoms with Crippen LogP contribution < -0.4 is 10.5 Å². The third-order valence-electron chi connectivity index (χ3n) is 3.82. The van der Waals surface area contributed by atoms with E-state index in [4.69, 9.17) is 22.1 Å². The molecule has 5 heteroatoms. The summed E-state index contributed by atoms with van der Waals surface area (Å²) in [5.41, 5.74) is 7.79. The van der Waals surface area contributed by atoms with Crippen molar-refractivity contribution in [2.45, 2.75) is 25.0 Å². The Balaban J connectivity index is 2.07. The Morgan fingerprint density at radius 2 is 1.86 bits per heavy atom. The molecule has 1 aliphatic rings. The van der Waals surface area contributed by atoms with Crippen molar-refractivity contribution in [1.82, 2.24) is 0 Å². The third kappa shape index (κ3) is 2.87. The molecule has 21 heavy (non-hydrogen) atoms. The van der Waals surface area contributed by atoms with Gasteiger partial charge in [-0.05, 0) is 31.2 Å². The third-order valence-corrected chi connectivity index (χ3v) is 5.12. The minimum atomic E-state index is -0.537. The number of hydrogen-bond acceptors (Lipinski definition) is 2. The van der Waals surface area contributed by atoms with Gasteiger partial charge in [-0.2, -0.15) is 0 Å². The summed E-state index contributed by atoms with van der Waals surface area (Å²) in [7, 11) is 0. The van der Waals surface area contributed by atoms with E-state index in [0.29, 0.717) is 11.4 Å². The van der Waals surface area contributed by atoms with Gasteiger partial charge < -0.3 is 10.5 Å². The molecule has 2 aromatic carbocycles. The smallest absolute Gasteiger partial charge is 0.134 e. The van der Waals surface area contributed by atoms with Gasteiger partial charge in [-0.15, -0.1) is 0 Å². The number of benzene rings is 2. The number of nitrogens with two attached hydrogens (primary N) is 1. The largest absolute Gasteiger partial charge is 0.482 e. The highest BCUT2D eigenvalue weighted by atomic mass is 79.9. The van der Waals surface area contributed by atoms with E-state index in [-0.39, 0.29) is 6.04 Å². The van der Waals surface area contributed by atoms with Gasteiger partial charge in [0.05, 0.1) is 0 Å². The highest BCUT2D eigenvalue weighted by molar-refractivity contribution is 9.10. The summed E-state index contributed by atoms with van der Waals surface area (Å²) in [6.07, 6.45) is 0.684. The summed E-state index contributed by atoms with van der Waals surface area (Å²) in [4.78, 5) is 0. The zero-order valence-corrected chi connectivity index (χ0v) is 15.3. The van der Waals surface area contributed by atoms with Crippen LogP contribution in [-0.4, -0.2) is 0 Å². The molecule has 2 nitrogen and oxygen atoms in total. The molecule has 0 saturated heterocycles. The Bertz CT molecular complexity index is 707. The summed E-state index contributed by atoms with van der Waals surface area (Å²) in [6, 6.07) is 11.7. The monoisotopic (exact) mass is 429 g/mol. The van der Waals surface area contributed by atoms with Gasteiger partial charge in [0.1, 0.15) is 11.4 Å². The summed E-state index contributed by atoms with van der Waals surface area (Å²) in [5.74, 6) is 0.810. The molecule has 0 spiro atoms. The Kier molecular flexibility index (Phi) is 4.08. The first-order valence-electron chi connectivity index (χ1n) is 6.59. The normalized spacial score (nSPS) is 24.3. The second-order valence-corrected chi connectivity index (χ2v) is 7.69. The zero-order valence-electron chi connectivity index (χ0n) is 11.4. The summed E-state index contributed by atoms with van der Waals surface area (Å²) in [5, 5.41) is 0.678. The Morgan fingerprint density at radius 1 is 1.19 bits per heavy atom. The maximum atomic E-state index is 6.40. The second kappa shape index (κ2) is 5.58. The molecule has 0 aromatic heterocycles.